The Morgan fingerprint density at radius 3 is 3.00 bits per heavy atom. The molecule has 1 heterocycles. The molecule has 2 rings (SSSR count). The maximum atomic E-state index is 10.6. The zero-order chi connectivity index (χ0) is 11.7. The molecule has 0 spiro atoms. The highest BCUT2D eigenvalue weighted by Gasteiger charge is 2.12. The molecule has 1 aromatic heterocycles. The molecule has 0 bridgehead atoms. The SMILES string of the molecule is C#CCn1c(Cl)nc2cc([N+](=O)[O-])ccc21. The second kappa shape index (κ2) is 3.83. The number of hydrogen-bond donors (Lipinski definition) is 0. The Hall–Kier alpha value is -2.06. The summed E-state index contributed by atoms with van der Waals surface area (Å²) in [7, 11) is 0. The summed E-state index contributed by atoms with van der Waals surface area (Å²) in [6.45, 7) is 0.285. The van der Waals surface area contributed by atoms with Crippen LogP contribution in [0, 0.1) is 22.5 Å². The summed E-state index contributed by atoms with van der Waals surface area (Å²) >= 11 is 5.86. The van der Waals surface area contributed by atoms with E-state index in [-0.39, 0.29) is 17.5 Å². The molecule has 2 aromatic rings. The summed E-state index contributed by atoms with van der Waals surface area (Å²) in [5.74, 6) is 2.45. The number of nitrogens with zero attached hydrogens (tertiary/aromatic N) is 3. The van der Waals surface area contributed by atoms with Gasteiger partial charge in [-0.2, -0.15) is 0 Å². The average Bonchev–Trinajstić information content (AvgIpc) is 2.55. The fourth-order valence-electron chi connectivity index (χ4n) is 1.44. The van der Waals surface area contributed by atoms with E-state index in [0.29, 0.717) is 11.0 Å². The first kappa shape index (κ1) is 10.5. The van der Waals surface area contributed by atoms with Gasteiger partial charge in [0.25, 0.3) is 5.69 Å². The number of fused-ring (bicyclic) bond motifs is 1. The molecule has 0 fully saturated rings. The first-order valence-corrected chi connectivity index (χ1v) is 4.75. The van der Waals surface area contributed by atoms with Crippen LogP contribution in [0.4, 0.5) is 5.69 Å². The van der Waals surface area contributed by atoms with Crippen LogP contribution in [-0.2, 0) is 6.54 Å². The predicted molar refractivity (Wildman–Crippen MR) is 60.2 cm³/mol. The summed E-state index contributed by atoms with van der Waals surface area (Å²) in [5.41, 5.74) is 1.14. The summed E-state index contributed by atoms with van der Waals surface area (Å²) in [6, 6.07) is 4.35. The Bertz CT molecular complexity index is 612. The summed E-state index contributed by atoms with van der Waals surface area (Å²) in [4.78, 5) is 14.1. The van der Waals surface area contributed by atoms with Crippen molar-refractivity contribution in [3.8, 4) is 12.3 Å². The largest absolute Gasteiger partial charge is 0.303 e. The minimum Gasteiger partial charge on any atom is -0.303 e. The molecule has 0 aliphatic heterocycles. The van der Waals surface area contributed by atoms with Crippen LogP contribution in [-0.4, -0.2) is 14.5 Å². The van der Waals surface area contributed by atoms with E-state index >= 15 is 0 Å². The van der Waals surface area contributed by atoms with E-state index in [9.17, 15) is 10.1 Å². The van der Waals surface area contributed by atoms with Crippen LogP contribution in [0.2, 0.25) is 5.28 Å². The second-order valence-corrected chi connectivity index (χ2v) is 3.44. The van der Waals surface area contributed by atoms with Gasteiger partial charge in [-0.25, -0.2) is 4.98 Å². The van der Waals surface area contributed by atoms with Gasteiger partial charge in [-0.15, -0.1) is 6.42 Å². The van der Waals surface area contributed by atoms with Crippen molar-refractivity contribution in [2.75, 3.05) is 0 Å². The molecule has 80 valence electrons. The van der Waals surface area contributed by atoms with Gasteiger partial charge in [-0.3, -0.25) is 10.1 Å². The number of imidazole rings is 1. The fraction of sp³-hybridized carbons (Fsp3) is 0.100. The van der Waals surface area contributed by atoms with E-state index in [1.807, 2.05) is 0 Å². The van der Waals surface area contributed by atoms with E-state index in [4.69, 9.17) is 18.0 Å². The van der Waals surface area contributed by atoms with Gasteiger partial charge in [0.05, 0.1) is 22.5 Å². The van der Waals surface area contributed by atoms with Crippen LogP contribution >= 0.6 is 11.6 Å². The number of aromatic nitrogens is 2. The van der Waals surface area contributed by atoms with Crippen LogP contribution in [0.15, 0.2) is 18.2 Å². The molecule has 1 aromatic carbocycles. The number of hydrogen-bond acceptors (Lipinski definition) is 3. The van der Waals surface area contributed by atoms with Crippen molar-refractivity contribution < 1.29 is 4.92 Å². The molecule has 0 N–H and O–H groups in total. The van der Waals surface area contributed by atoms with Crippen molar-refractivity contribution >= 4 is 28.3 Å². The number of nitro groups is 1. The number of halogens is 1. The van der Waals surface area contributed by atoms with Crippen LogP contribution < -0.4 is 0 Å². The maximum absolute atomic E-state index is 10.6. The quantitative estimate of drug-likeness (QED) is 0.456. The molecule has 0 saturated carbocycles. The van der Waals surface area contributed by atoms with Gasteiger partial charge in [0.15, 0.2) is 0 Å². The van der Waals surface area contributed by atoms with Crippen LogP contribution in [0.25, 0.3) is 11.0 Å². The third kappa shape index (κ3) is 1.59. The smallest absolute Gasteiger partial charge is 0.271 e. The third-order valence-electron chi connectivity index (χ3n) is 2.15. The predicted octanol–water partition coefficient (Wildman–Crippen LogP) is 2.23. The van der Waals surface area contributed by atoms with Gasteiger partial charge in [-0.05, 0) is 17.7 Å². The lowest BCUT2D eigenvalue weighted by Gasteiger charge is -1.98. The van der Waals surface area contributed by atoms with Crippen molar-refractivity contribution in [3.05, 3.63) is 33.6 Å². The van der Waals surface area contributed by atoms with Crippen LogP contribution in [0.3, 0.4) is 0 Å². The minimum absolute atomic E-state index is 0.0190. The molecule has 6 heteroatoms. The highest BCUT2D eigenvalue weighted by Crippen LogP contribution is 2.23. The number of rotatable bonds is 2. The Labute approximate surface area is 95.8 Å². The first-order valence-electron chi connectivity index (χ1n) is 4.37. The molecule has 16 heavy (non-hydrogen) atoms. The van der Waals surface area contributed by atoms with Crippen LogP contribution in [0.1, 0.15) is 0 Å². The van der Waals surface area contributed by atoms with Crippen molar-refractivity contribution in [1.29, 1.82) is 0 Å². The number of terminal acetylenes is 1. The molecule has 0 aliphatic rings. The average molecular weight is 236 g/mol. The molecular weight excluding hydrogens is 230 g/mol. The summed E-state index contributed by atoms with van der Waals surface area (Å²) < 4.78 is 1.61. The zero-order valence-corrected chi connectivity index (χ0v) is 8.81. The van der Waals surface area contributed by atoms with Crippen molar-refractivity contribution in [1.82, 2.24) is 9.55 Å². The van der Waals surface area contributed by atoms with Gasteiger partial charge in [0, 0.05) is 12.1 Å². The van der Waals surface area contributed by atoms with E-state index in [2.05, 4.69) is 10.9 Å². The van der Waals surface area contributed by atoms with Gasteiger partial charge < -0.3 is 4.57 Å². The minimum atomic E-state index is -0.479. The fourth-order valence-corrected chi connectivity index (χ4v) is 1.69. The molecular formula is C10H6ClN3O2. The lowest BCUT2D eigenvalue weighted by molar-refractivity contribution is -0.384. The molecule has 5 nitrogen and oxygen atoms in total. The molecule has 0 unspecified atom stereocenters. The van der Waals surface area contributed by atoms with Crippen molar-refractivity contribution in [3.63, 3.8) is 0 Å². The van der Waals surface area contributed by atoms with Gasteiger partial charge in [0.2, 0.25) is 5.28 Å². The molecule has 0 radical (unpaired) electrons. The van der Waals surface area contributed by atoms with Gasteiger partial charge >= 0.3 is 0 Å². The van der Waals surface area contributed by atoms with Crippen molar-refractivity contribution in [2.24, 2.45) is 0 Å². The lowest BCUT2D eigenvalue weighted by Crippen LogP contribution is -1.95. The summed E-state index contributed by atoms with van der Waals surface area (Å²) in [6.07, 6.45) is 5.19. The maximum Gasteiger partial charge on any atom is 0.271 e. The Morgan fingerprint density at radius 1 is 1.62 bits per heavy atom. The number of non-ortho nitro benzene ring substituents is 1. The second-order valence-electron chi connectivity index (χ2n) is 3.10. The lowest BCUT2D eigenvalue weighted by atomic mass is 10.3. The standard InChI is InChI=1S/C10H6ClN3O2/c1-2-5-13-9-4-3-7(14(15)16)6-8(9)12-10(13)11/h1,3-4,6H,5H2. The Balaban J connectivity index is 2.66. The summed E-state index contributed by atoms with van der Waals surface area (Å²) in [5, 5.41) is 10.8. The number of nitro benzene ring substituents is 1. The molecule has 0 atom stereocenters. The van der Waals surface area contributed by atoms with E-state index < -0.39 is 4.92 Å². The third-order valence-corrected chi connectivity index (χ3v) is 2.43. The van der Waals surface area contributed by atoms with Crippen LogP contribution in [0.5, 0.6) is 0 Å². The van der Waals surface area contributed by atoms with Crippen molar-refractivity contribution in [2.45, 2.75) is 6.54 Å². The van der Waals surface area contributed by atoms with E-state index in [1.165, 1.54) is 12.1 Å². The highest BCUT2D eigenvalue weighted by molar-refractivity contribution is 6.29. The zero-order valence-electron chi connectivity index (χ0n) is 8.05. The number of benzene rings is 1. The Morgan fingerprint density at radius 2 is 2.38 bits per heavy atom. The normalized spacial score (nSPS) is 10.2. The first-order chi connectivity index (χ1) is 7.63. The van der Waals surface area contributed by atoms with Gasteiger partial charge in [0.1, 0.15) is 0 Å². The van der Waals surface area contributed by atoms with Gasteiger partial charge in [-0.1, -0.05) is 5.92 Å². The molecule has 0 aliphatic carbocycles. The topological polar surface area (TPSA) is 61.0 Å². The molecule has 0 saturated heterocycles. The highest BCUT2D eigenvalue weighted by atomic mass is 35.5. The molecule has 0 amide bonds. The Kier molecular flexibility index (Phi) is 2.50. The van der Waals surface area contributed by atoms with E-state index in [1.54, 1.807) is 10.6 Å². The van der Waals surface area contributed by atoms with E-state index in [0.717, 1.165) is 0 Å². The monoisotopic (exact) mass is 235 g/mol.